The van der Waals surface area contributed by atoms with E-state index in [9.17, 15) is 5.11 Å². The molecule has 98 valence electrons. The Morgan fingerprint density at radius 1 is 1.00 bits per heavy atom. The van der Waals surface area contributed by atoms with E-state index < -0.39 is 0 Å². The second kappa shape index (κ2) is 3.73. The molecule has 3 saturated carbocycles. The second-order valence-corrected chi connectivity index (χ2v) is 7.80. The van der Waals surface area contributed by atoms with Crippen molar-refractivity contribution in [2.24, 2.45) is 28.6 Å². The van der Waals surface area contributed by atoms with Crippen LogP contribution in [0.1, 0.15) is 65.7 Å². The van der Waals surface area contributed by atoms with Crippen LogP contribution in [0.5, 0.6) is 0 Å². The van der Waals surface area contributed by atoms with Crippen molar-refractivity contribution in [2.45, 2.75) is 71.8 Å². The first-order valence-corrected chi connectivity index (χ1v) is 7.63. The monoisotopic (exact) mass is 236 g/mol. The van der Waals surface area contributed by atoms with Crippen LogP contribution >= 0.6 is 0 Å². The lowest BCUT2D eigenvalue weighted by Gasteiger charge is -2.44. The fraction of sp³-hybridized carbons (Fsp3) is 1.00. The predicted molar refractivity (Wildman–Crippen MR) is 70.7 cm³/mol. The van der Waals surface area contributed by atoms with E-state index in [4.69, 9.17) is 0 Å². The Balaban J connectivity index is 1.82. The number of aliphatic hydroxyl groups is 1. The van der Waals surface area contributed by atoms with E-state index in [1.807, 2.05) is 0 Å². The van der Waals surface area contributed by atoms with Crippen LogP contribution in [0.4, 0.5) is 0 Å². The zero-order valence-electron chi connectivity index (χ0n) is 11.7. The van der Waals surface area contributed by atoms with Gasteiger partial charge in [0.15, 0.2) is 0 Å². The Hall–Kier alpha value is -0.0400. The van der Waals surface area contributed by atoms with Crippen LogP contribution in [-0.2, 0) is 0 Å². The van der Waals surface area contributed by atoms with Crippen LogP contribution in [0.2, 0.25) is 0 Å². The van der Waals surface area contributed by atoms with Gasteiger partial charge >= 0.3 is 0 Å². The molecule has 0 saturated heterocycles. The zero-order chi connectivity index (χ0) is 12.3. The molecular weight excluding hydrogens is 208 g/mol. The van der Waals surface area contributed by atoms with Crippen molar-refractivity contribution in [3.8, 4) is 0 Å². The average molecular weight is 236 g/mol. The first kappa shape index (κ1) is 12.0. The molecule has 3 aliphatic rings. The molecule has 3 rings (SSSR count). The third-order valence-corrected chi connectivity index (χ3v) is 7.12. The first-order valence-electron chi connectivity index (χ1n) is 7.63. The topological polar surface area (TPSA) is 20.2 Å². The van der Waals surface area contributed by atoms with E-state index in [0.29, 0.717) is 10.8 Å². The van der Waals surface area contributed by atoms with E-state index in [-0.39, 0.29) is 6.10 Å². The van der Waals surface area contributed by atoms with E-state index in [1.54, 1.807) is 0 Å². The van der Waals surface area contributed by atoms with Crippen molar-refractivity contribution < 1.29 is 5.11 Å². The SMILES string of the molecule is CC1(C)C2CCC1(C)C(C1CCCC(O)C1)C2. The summed E-state index contributed by atoms with van der Waals surface area (Å²) in [5, 5.41) is 9.92. The molecule has 0 aromatic rings. The van der Waals surface area contributed by atoms with Gasteiger partial charge < -0.3 is 5.11 Å². The van der Waals surface area contributed by atoms with Crippen LogP contribution in [0, 0.1) is 28.6 Å². The Morgan fingerprint density at radius 2 is 1.76 bits per heavy atom. The Kier molecular flexibility index (Phi) is 2.63. The third kappa shape index (κ3) is 1.54. The van der Waals surface area contributed by atoms with Crippen molar-refractivity contribution in [1.82, 2.24) is 0 Å². The smallest absolute Gasteiger partial charge is 0.0543 e. The van der Waals surface area contributed by atoms with E-state index in [1.165, 1.54) is 32.1 Å². The third-order valence-electron chi connectivity index (χ3n) is 7.12. The highest BCUT2D eigenvalue weighted by atomic mass is 16.3. The maximum Gasteiger partial charge on any atom is 0.0543 e. The highest BCUT2D eigenvalue weighted by Crippen LogP contribution is 2.70. The van der Waals surface area contributed by atoms with Gasteiger partial charge in [-0.3, -0.25) is 0 Å². The van der Waals surface area contributed by atoms with Crippen LogP contribution in [0.15, 0.2) is 0 Å². The van der Waals surface area contributed by atoms with Gasteiger partial charge in [0, 0.05) is 0 Å². The van der Waals surface area contributed by atoms with Gasteiger partial charge in [0.2, 0.25) is 0 Å². The normalized spacial score (nSPS) is 52.9. The van der Waals surface area contributed by atoms with Crippen LogP contribution < -0.4 is 0 Å². The van der Waals surface area contributed by atoms with E-state index >= 15 is 0 Å². The van der Waals surface area contributed by atoms with Gasteiger partial charge in [-0.1, -0.05) is 27.2 Å². The highest BCUT2D eigenvalue weighted by Gasteiger charge is 2.62. The summed E-state index contributed by atoms with van der Waals surface area (Å²) in [5.74, 6) is 2.66. The molecule has 3 aliphatic carbocycles. The average Bonchev–Trinajstić information content (AvgIpc) is 2.61. The molecule has 1 N–H and O–H groups in total. The summed E-state index contributed by atoms with van der Waals surface area (Å²) < 4.78 is 0. The standard InChI is InChI=1S/C16H28O/c1-15(2)12-7-8-16(15,3)14(10-12)11-5-4-6-13(17)9-11/h11-14,17H,4-10H2,1-3H3. The van der Waals surface area contributed by atoms with Crippen molar-refractivity contribution in [2.75, 3.05) is 0 Å². The predicted octanol–water partition coefficient (Wildman–Crippen LogP) is 4.00. The van der Waals surface area contributed by atoms with Gasteiger partial charge in [-0.2, -0.15) is 0 Å². The minimum atomic E-state index is -0.000381. The summed E-state index contributed by atoms with van der Waals surface area (Å²) in [6, 6.07) is 0. The lowest BCUT2D eigenvalue weighted by atomic mass is 9.61. The van der Waals surface area contributed by atoms with Gasteiger partial charge in [-0.15, -0.1) is 0 Å². The molecule has 0 aromatic heterocycles. The molecule has 5 atom stereocenters. The molecule has 1 heteroatoms. The second-order valence-electron chi connectivity index (χ2n) is 7.80. The van der Waals surface area contributed by atoms with Gasteiger partial charge in [0.1, 0.15) is 0 Å². The molecular formula is C16H28O. The molecule has 2 bridgehead atoms. The molecule has 0 spiro atoms. The van der Waals surface area contributed by atoms with Crippen molar-refractivity contribution in [1.29, 1.82) is 0 Å². The highest BCUT2D eigenvalue weighted by molar-refractivity contribution is 5.11. The Morgan fingerprint density at radius 3 is 2.29 bits per heavy atom. The zero-order valence-corrected chi connectivity index (χ0v) is 11.7. The van der Waals surface area contributed by atoms with Gasteiger partial charge in [-0.05, 0) is 67.1 Å². The van der Waals surface area contributed by atoms with Crippen molar-refractivity contribution in [3.63, 3.8) is 0 Å². The number of hydrogen-bond donors (Lipinski definition) is 1. The molecule has 3 fully saturated rings. The molecule has 0 heterocycles. The summed E-state index contributed by atoms with van der Waals surface area (Å²) in [4.78, 5) is 0. The van der Waals surface area contributed by atoms with Crippen molar-refractivity contribution in [3.05, 3.63) is 0 Å². The number of rotatable bonds is 1. The maximum absolute atomic E-state index is 9.92. The minimum Gasteiger partial charge on any atom is -0.393 e. The van der Waals surface area contributed by atoms with Crippen molar-refractivity contribution >= 4 is 0 Å². The Labute approximate surface area is 106 Å². The van der Waals surface area contributed by atoms with Crippen LogP contribution in [0.25, 0.3) is 0 Å². The minimum absolute atomic E-state index is 0.000381. The number of aliphatic hydroxyl groups excluding tert-OH is 1. The van der Waals surface area contributed by atoms with Gasteiger partial charge in [0.05, 0.1) is 6.10 Å². The molecule has 0 aromatic carbocycles. The fourth-order valence-electron chi connectivity index (χ4n) is 5.54. The van der Waals surface area contributed by atoms with Crippen LogP contribution in [-0.4, -0.2) is 11.2 Å². The molecule has 5 unspecified atom stereocenters. The van der Waals surface area contributed by atoms with Gasteiger partial charge in [-0.25, -0.2) is 0 Å². The maximum atomic E-state index is 9.92. The lowest BCUT2D eigenvalue weighted by molar-refractivity contribution is 0.0168. The fourth-order valence-corrected chi connectivity index (χ4v) is 5.54. The van der Waals surface area contributed by atoms with E-state index in [0.717, 1.165) is 30.6 Å². The summed E-state index contributed by atoms with van der Waals surface area (Å²) >= 11 is 0. The van der Waals surface area contributed by atoms with E-state index in [2.05, 4.69) is 20.8 Å². The first-order chi connectivity index (χ1) is 7.95. The summed E-state index contributed by atoms with van der Waals surface area (Å²) in [7, 11) is 0. The lowest BCUT2D eigenvalue weighted by Crippen LogP contribution is -2.38. The molecule has 0 radical (unpaired) electrons. The number of hydrogen-bond acceptors (Lipinski definition) is 1. The summed E-state index contributed by atoms with van der Waals surface area (Å²) in [5.41, 5.74) is 1.10. The molecule has 0 aliphatic heterocycles. The molecule has 17 heavy (non-hydrogen) atoms. The largest absolute Gasteiger partial charge is 0.393 e. The molecule has 1 nitrogen and oxygen atoms in total. The Bertz CT molecular complexity index is 309. The quantitative estimate of drug-likeness (QED) is 0.729. The molecule has 0 amide bonds. The van der Waals surface area contributed by atoms with Crippen LogP contribution in [0.3, 0.4) is 0 Å². The number of fused-ring (bicyclic) bond motifs is 2. The van der Waals surface area contributed by atoms with Gasteiger partial charge in [0.25, 0.3) is 0 Å². The summed E-state index contributed by atoms with van der Waals surface area (Å²) in [6.45, 7) is 7.56. The summed E-state index contributed by atoms with van der Waals surface area (Å²) in [6.07, 6.45) is 9.09.